The first-order valence-electron chi connectivity index (χ1n) is 8.00. The van der Waals surface area contributed by atoms with Crippen LogP contribution in [0.3, 0.4) is 0 Å². The van der Waals surface area contributed by atoms with Crippen molar-refractivity contribution in [1.82, 2.24) is 24.3 Å². The van der Waals surface area contributed by atoms with Gasteiger partial charge in [0.2, 0.25) is 5.91 Å². The lowest BCUT2D eigenvalue weighted by Crippen LogP contribution is -2.27. The minimum absolute atomic E-state index is 0.209. The second-order valence-electron chi connectivity index (χ2n) is 5.75. The van der Waals surface area contributed by atoms with Crippen molar-refractivity contribution in [1.29, 1.82) is 0 Å². The van der Waals surface area contributed by atoms with Crippen molar-refractivity contribution in [3.63, 3.8) is 0 Å². The summed E-state index contributed by atoms with van der Waals surface area (Å²) in [5.74, 6) is -1.04. The van der Waals surface area contributed by atoms with Crippen molar-refractivity contribution in [2.24, 2.45) is 0 Å². The zero-order valence-electron chi connectivity index (χ0n) is 13.9. The number of hydrogen-bond donors (Lipinski definition) is 1. The molecule has 4 rings (SSSR count). The Bertz CT molecular complexity index is 1190. The van der Waals surface area contributed by atoms with E-state index in [4.69, 9.17) is 0 Å². The molecule has 4 aromatic rings. The van der Waals surface area contributed by atoms with Crippen LogP contribution in [0.4, 0.5) is 10.1 Å². The Morgan fingerprint density at radius 1 is 1.15 bits per heavy atom. The van der Waals surface area contributed by atoms with Gasteiger partial charge in [0.15, 0.2) is 5.82 Å². The Hall–Kier alpha value is -3.88. The zero-order valence-corrected chi connectivity index (χ0v) is 13.9. The van der Waals surface area contributed by atoms with Gasteiger partial charge in [-0.15, -0.1) is 0 Å². The van der Waals surface area contributed by atoms with Gasteiger partial charge in [0.25, 0.3) is 5.56 Å². The Morgan fingerprint density at radius 3 is 2.78 bits per heavy atom. The minimum atomic E-state index is -0.567. The largest absolute Gasteiger partial charge is 0.324 e. The maximum absolute atomic E-state index is 14.2. The van der Waals surface area contributed by atoms with Crippen LogP contribution in [-0.2, 0) is 11.3 Å². The number of carbonyl (C=O) groups is 1. The van der Waals surface area contributed by atoms with Gasteiger partial charge in [0.05, 0.1) is 17.2 Å². The van der Waals surface area contributed by atoms with Crippen LogP contribution in [0.2, 0.25) is 0 Å². The lowest BCUT2D eigenvalue weighted by Gasteiger charge is -2.09. The molecule has 0 radical (unpaired) electrons. The number of benzene rings is 2. The van der Waals surface area contributed by atoms with Crippen LogP contribution in [-0.4, -0.2) is 30.2 Å². The van der Waals surface area contributed by atoms with E-state index in [0.717, 1.165) is 0 Å². The highest BCUT2D eigenvalue weighted by molar-refractivity contribution is 5.90. The normalized spacial score (nSPS) is 10.9. The zero-order chi connectivity index (χ0) is 18.8. The highest BCUT2D eigenvalue weighted by Gasteiger charge is 2.11. The lowest BCUT2D eigenvalue weighted by atomic mass is 10.2. The summed E-state index contributed by atoms with van der Waals surface area (Å²) in [6.45, 7) is -0.233. The summed E-state index contributed by atoms with van der Waals surface area (Å²) in [5, 5.41) is 6.86. The summed E-state index contributed by atoms with van der Waals surface area (Å²) >= 11 is 0. The molecule has 8 nitrogen and oxygen atoms in total. The molecule has 0 aliphatic heterocycles. The van der Waals surface area contributed by atoms with E-state index >= 15 is 0 Å². The van der Waals surface area contributed by atoms with Gasteiger partial charge in [0, 0.05) is 5.69 Å². The Kier molecular flexibility index (Phi) is 4.17. The molecule has 2 heterocycles. The van der Waals surface area contributed by atoms with E-state index in [9.17, 15) is 14.0 Å². The molecule has 0 aliphatic rings. The SMILES string of the molecule is O=C(Cn1cnc2ccccc2c1=O)Nc1ccc(-n2cncn2)c(F)c1. The van der Waals surface area contributed by atoms with E-state index in [-0.39, 0.29) is 23.5 Å². The summed E-state index contributed by atoms with van der Waals surface area (Å²) in [6, 6.07) is 11.1. The molecule has 9 heteroatoms. The molecule has 0 saturated heterocycles. The molecule has 0 spiro atoms. The van der Waals surface area contributed by atoms with E-state index in [1.807, 2.05) is 0 Å². The predicted octanol–water partition coefficient (Wildman–Crippen LogP) is 1.75. The average molecular weight is 364 g/mol. The number of rotatable bonds is 4. The van der Waals surface area contributed by atoms with Gasteiger partial charge in [-0.2, -0.15) is 5.10 Å². The summed E-state index contributed by atoms with van der Waals surface area (Å²) in [7, 11) is 0. The van der Waals surface area contributed by atoms with Crippen molar-refractivity contribution >= 4 is 22.5 Å². The number of para-hydroxylation sites is 1. The summed E-state index contributed by atoms with van der Waals surface area (Å²) < 4.78 is 16.7. The maximum atomic E-state index is 14.2. The van der Waals surface area contributed by atoms with Gasteiger partial charge in [0.1, 0.15) is 24.9 Å². The summed E-state index contributed by atoms with van der Waals surface area (Å²) in [4.78, 5) is 32.6. The Labute approximate surface area is 151 Å². The van der Waals surface area contributed by atoms with Crippen LogP contribution in [0.5, 0.6) is 0 Å². The fourth-order valence-corrected chi connectivity index (χ4v) is 2.68. The number of amides is 1. The number of anilines is 1. The maximum Gasteiger partial charge on any atom is 0.261 e. The van der Waals surface area contributed by atoms with Gasteiger partial charge >= 0.3 is 0 Å². The van der Waals surface area contributed by atoms with Gasteiger partial charge in [-0.3, -0.25) is 14.2 Å². The average Bonchev–Trinajstić information content (AvgIpc) is 3.19. The van der Waals surface area contributed by atoms with E-state index < -0.39 is 11.7 Å². The molecular formula is C18H13FN6O2. The molecular weight excluding hydrogens is 351 g/mol. The molecule has 0 fully saturated rings. The smallest absolute Gasteiger partial charge is 0.261 e. The second kappa shape index (κ2) is 6.79. The van der Waals surface area contributed by atoms with E-state index in [1.165, 1.54) is 40.4 Å². The van der Waals surface area contributed by atoms with E-state index in [0.29, 0.717) is 10.9 Å². The number of halogens is 1. The van der Waals surface area contributed by atoms with Crippen molar-refractivity contribution in [2.75, 3.05) is 5.32 Å². The van der Waals surface area contributed by atoms with Gasteiger partial charge < -0.3 is 5.32 Å². The topological polar surface area (TPSA) is 94.7 Å². The van der Waals surface area contributed by atoms with Gasteiger partial charge in [-0.25, -0.2) is 19.0 Å². The van der Waals surface area contributed by atoms with Crippen LogP contribution in [0.1, 0.15) is 0 Å². The van der Waals surface area contributed by atoms with Crippen LogP contribution in [0, 0.1) is 5.82 Å². The van der Waals surface area contributed by atoms with Crippen molar-refractivity contribution in [2.45, 2.75) is 6.54 Å². The third-order valence-corrected chi connectivity index (χ3v) is 3.94. The number of fused-ring (bicyclic) bond motifs is 1. The monoisotopic (exact) mass is 364 g/mol. The lowest BCUT2D eigenvalue weighted by molar-refractivity contribution is -0.116. The molecule has 1 amide bonds. The van der Waals surface area contributed by atoms with Crippen LogP contribution >= 0.6 is 0 Å². The standard InChI is InChI=1S/C18H13FN6O2/c19-14-7-12(5-6-16(14)25-10-20-9-22-25)23-17(26)8-24-11-21-15-4-2-1-3-13(15)18(24)27/h1-7,9-11H,8H2,(H,23,26). The predicted molar refractivity (Wildman–Crippen MR) is 95.9 cm³/mol. The molecule has 0 bridgehead atoms. The van der Waals surface area contributed by atoms with Crippen molar-refractivity contribution < 1.29 is 9.18 Å². The first-order valence-corrected chi connectivity index (χ1v) is 8.00. The van der Waals surface area contributed by atoms with Crippen LogP contribution in [0.15, 0.2) is 66.2 Å². The molecule has 0 saturated carbocycles. The van der Waals surface area contributed by atoms with Crippen molar-refractivity contribution in [3.05, 3.63) is 77.6 Å². The van der Waals surface area contributed by atoms with Gasteiger partial charge in [-0.05, 0) is 30.3 Å². The molecule has 2 aromatic heterocycles. The third kappa shape index (κ3) is 3.30. The first kappa shape index (κ1) is 16.6. The number of aromatic nitrogens is 5. The molecule has 27 heavy (non-hydrogen) atoms. The molecule has 0 aliphatic carbocycles. The van der Waals surface area contributed by atoms with Crippen LogP contribution in [0.25, 0.3) is 16.6 Å². The molecule has 1 N–H and O–H groups in total. The fraction of sp³-hybridized carbons (Fsp3) is 0.0556. The molecule has 134 valence electrons. The summed E-state index contributed by atoms with van der Waals surface area (Å²) in [5.41, 5.74) is 0.719. The van der Waals surface area contributed by atoms with Crippen LogP contribution < -0.4 is 10.9 Å². The second-order valence-corrected chi connectivity index (χ2v) is 5.75. The number of nitrogens with one attached hydrogen (secondary N) is 1. The third-order valence-electron chi connectivity index (χ3n) is 3.94. The fourth-order valence-electron chi connectivity index (χ4n) is 2.68. The molecule has 0 unspecified atom stereocenters. The number of nitrogens with zero attached hydrogens (tertiary/aromatic N) is 5. The highest BCUT2D eigenvalue weighted by atomic mass is 19.1. The Balaban J connectivity index is 1.52. The minimum Gasteiger partial charge on any atom is -0.324 e. The number of hydrogen-bond acceptors (Lipinski definition) is 5. The summed E-state index contributed by atoms with van der Waals surface area (Å²) in [6.07, 6.45) is 3.99. The quantitative estimate of drug-likeness (QED) is 0.595. The van der Waals surface area contributed by atoms with E-state index in [2.05, 4.69) is 20.4 Å². The van der Waals surface area contributed by atoms with Crippen molar-refractivity contribution in [3.8, 4) is 5.69 Å². The highest BCUT2D eigenvalue weighted by Crippen LogP contribution is 2.17. The Morgan fingerprint density at radius 2 is 2.00 bits per heavy atom. The van der Waals surface area contributed by atoms with Gasteiger partial charge in [-0.1, -0.05) is 12.1 Å². The first-order chi connectivity index (χ1) is 13.1. The van der Waals surface area contributed by atoms with E-state index in [1.54, 1.807) is 30.3 Å². The molecule has 0 atom stereocenters. The molecule has 2 aromatic carbocycles. The number of carbonyl (C=O) groups excluding carboxylic acids is 1.